The summed E-state index contributed by atoms with van der Waals surface area (Å²) in [5, 5.41) is 0. The lowest BCUT2D eigenvalue weighted by atomic mass is 10.1. The maximum absolute atomic E-state index is 13.0. The van der Waals surface area contributed by atoms with E-state index in [1.54, 1.807) is 48.5 Å². The van der Waals surface area contributed by atoms with Crippen LogP contribution in [0.3, 0.4) is 0 Å². The number of carbonyl (C=O) groups is 1. The van der Waals surface area contributed by atoms with Crippen molar-refractivity contribution in [3.8, 4) is 0 Å². The lowest BCUT2D eigenvalue weighted by Gasteiger charge is -2.23. The Kier molecular flexibility index (Phi) is 7.56. The standard InChI is InChI=1S/C23H22BrF3N2O2/c1-31-13-12-29(22(30)18-7-9-20(24)10-8-18)16-21-6-3-11-28(21)15-17-4-2-5-19(14-17)23(25,26)27/h2-11,14H,12-13,15-16H2,1H3. The molecule has 1 heterocycles. The zero-order chi connectivity index (χ0) is 22.4. The fourth-order valence-corrected chi connectivity index (χ4v) is 3.48. The number of methoxy groups -OCH3 is 1. The van der Waals surface area contributed by atoms with Crippen LogP contribution in [-0.4, -0.2) is 35.6 Å². The van der Waals surface area contributed by atoms with Crippen LogP contribution < -0.4 is 0 Å². The second-order valence-electron chi connectivity index (χ2n) is 7.05. The summed E-state index contributed by atoms with van der Waals surface area (Å²) in [5.74, 6) is -0.142. The number of alkyl halides is 3. The van der Waals surface area contributed by atoms with Gasteiger partial charge in [-0.25, -0.2) is 0 Å². The first-order valence-electron chi connectivity index (χ1n) is 9.62. The summed E-state index contributed by atoms with van der Waals surface area (Å²) in [6.07, 6.45) is -2.59. The van der Waals surface area contributed by atoms with Crippen molar-refractivity contribution in [1.29, 1.82) is 0 Å². The summed E-state index contributed by atoms with van der Waals surface area (Å²) in [7, 11) is 1.57. The minimum atomic E-state index is -4.39. The van der Waals surface area contributed by atoms with E-state index in [0.29, 0.717) is 30.8 Å². The zero-order valence-corrected chi connectivity index (χ0v) is 18.5. The Labute approximate surface area is 187 Å². The van der Waals surface area contributed by atoms with E-state index < -0.39 is 11.7 Å². The summed E-state index contributed by atoms with van der Waals surface area (Å²) in [5.41, 5.74) is 1.23. The van der Waals surface area contributed by atoms with Gasteiger partial charge in [0.1, 0.15) is 0 Å². The average Bonchev–Trinajstić information content (AvgIpc) is 3.17. The molecule has 31 heavy (non-hydrogen) atoms. The lowest BCUT2D eigenvalue weighted by molar-refractivity contribution is -0.137. The molecule has 0 unspecified atom stereocenters. The van der Waals surface area contributed by atoms with Crippen LogP contribution in [0.1, 0.15) is 27.2 Å². The molecular formula is C23H22BrF3N2O2. The van der Waals surface area contributed by atoms with Crippen molar-refractivity contribution in [2.24, 2.45) is 0 Å². The van der Waals surface area contributed by atoms with E-state index in [0.717, 1.165) is 22.3 Å². The van der Waals surface area contributed by atoms with Crippen LogP contribution in [-0.2, 0) is 24.0 Å². The molecular weight excluding hydrogens is 473 g/mol. The molecule has 1 amide bonds. The lowest BCUT2D eigenvalue weighted by Crippen LogP contribution is -2.34. The molecule has 0 N–H and O–H groups in total. The van der Waals surface area contributed by atoms with Gasteiger partial charge >= 0.3 is 6.18 Å². The number of hydrogen-bond acceptors (Lipinski definition) is 2. The number of nitrogens with zero attached hydrogens (tertiary/aromatic N) is 2. The van der Waals surface area contributed by atoms with E-state index in [1.165, 1.54) is 6.07 Å². The molecule has 4 nitrogen and oxygen atoms in total. The first kappa shape index (κ1) is 23.1. The monoisotopic (exact) mass is 494 g/mol. The fraction of sp³-hybridized carbons (Fsp3) is 0.261. The van der Waals surface area contributed by atoms with Gasteiger partial charge in [-0.05, 0) is 54.1 Å². The Balaban J connectivity index is 1.80. The van der Waals surface area contributed by atoms with Gasteiger partial charge < -0.3 is 14.2 Å². The maximum atomic E-state index is 13.0. The van der Waals surface area contributed by atoms with E-state index in [-0.39, 0.29) is 12.5 Å². The highest BCUT2D eigenvalue weighted by atomic mass is 79.9. The molecule has 8 heteroatoms. The van der Waals surface area contributed by atoms with Crippen LogP contribution >= 0.6 is 15.9 Å². The minimum Gasteiger partial charge on any atom is -0.383 e. The third-order valence-electron chi connectivity index (χ3n) is 4.83. The summed E-state index contributed by atoms with van der Waals surface area (Å²) in [6.45, 7) is 1.35. The first-order chi connectivity index (χ1) is 14.8. The summed E-state index contributed by atoms with van der Waals surface area (Å²) < 4.78 is 47.0. The van der Waals surface area contributed by atoms with Crippen molar-refractivity contribution in [3.05, 3.63) is 93.7 Å². The number of rotatable bonds is 8. The predicted molar refractivity (Wildman–Crippen MR) is 116 cm³/mol. The second kappa shape index (κ2) is 10.2. The number of hydrogen-bond donors (Lipinski definition) is 0. The van der Waals surface area contributed by atoms with Crippen molar-refractivity contribution in [2.45, 2.75) is 19.3 Å². The predicted octanol–water partition coefficient (Wildman–Crippen LogP) is 5.61. The molecule has 0 saturated heterocycles. The SMILES string of the molecule is COCCN(Cc1cccn1Cc1cccc(C(F)(F)F)c1)C(=O)c1ccc(Br)cc1. The second-order valence-corrected chi connectivity index (χ2v) is 7.97. The van der Waals surface area contributed by atoms with Gasteiger partial charge in [0.25, 0.3) is 5.91 Å². The van der Waals surface area contributed by atoms with E-state index in [4.69, 9.17) is 4.74 Å². The summed E-state index contributed by atoms with van der Waals surface area (Å²) in [4.78, 5) is 14.7. The van der Waals surface area contributed by atoms with E-state index in [9.17, 15) is 18.0 Å². The van der Waals surface area contributed by atoms with Crippen molar-refractivity contribution < 1.29 is 22.7 Å². The Morgan fingerprint density at radius 2 is 1.84 bits per heavy atom. The largest absolute Gasteiger partial charge is 0.416 e. The molecule has 1 aromatic heterocycles. The molecule has 0 atom stereocenters. The molecule has 0 saturated carbocycles. The van der Waals surface area contributed by atoms with Gasteiger partial charge in [0.15, 0.2) is 0 Å². The number of amides is 1. The Bertz CT molecular complexity index is 1020. The Hall–Kier alpha value is -2.58. The van der Waals surface area contributed by atoms with Crippen LogP contribution in [0.5, 0.6) is 0 Å². The highest BCUT2D eigenvalue weighted by molar-refractivity contribution is 9.10. The van der Waals surface area contributed by atoms with Crippen molar-refractivity contribution >= 4 is 21.8 Å². The third kappa shape index (κ3) is 6.21. The fourth-order valence-electron chi connectivity index (χ4n) is 3.21. The Morgan fingerprint density at radius 1 is 1.10 bits per heavy atom. The van der Waals surface area contributed by atoms with Crippen LogP contribution in [0, 0.1) is 0 Å². The third-order valence-corrected chi connectivity index (χ3v) is 5.36. The number of benzene rings is 2. The number of aromatic nitrogens is 1. The normalized spacial score (nSPS) is 11.5. The molecule has 0 aliphatic rings. The average molecular weight is 495 g/mol. The van der Waals surface area contributed by atoms with Gasteiger partial charge in [0.05, 0.1) is 18.7 Å². The molecule has 0 fully saturated rings. The van der Waals surface area contributed by atoms with Crippen molar-refractivity contribution in [3.63, 3.8) is 0 Å². The summed E-state index contributed by atoms with van der Waals surface area (Å²) in [6, 6.07) is 16.1. The van der Waals surface area contributed by atoms with Gasteiger partial charge in [0.2, 0.25) is 0 Å². The van der Waals surface area contributed by atoms with Gasteiger partial charge in [-0.3, -0.25) is 4.79 Å². The van der Waals surface area contributed by atoms with Gasteiger partial charge in [-0.2, -0.15) is 13.2 Å². The molecule has 0 radical (unpaired) electrons. The van der Waals surface area contributed by atoms with E-state index in [2.05, 4.69) is 15.9 Å². The van der Waals surface area contributed by atoms with Crippen LogP contribution in [0.2, 0.25) is 0 Å². The van der Waals surface area contributed by atoms with Gasteiger partial charge in [-0.15, -0.1) is 0 Å². The highest BCUT2D eigenvalue weighted by Crippen LogP contribution is 2.29. The van der Waals surface area contributed by atoms with E-state index in [1.807, 2.05) is 16.7 Å². The maximum Gasteiger partial charge on any atom is 0.416 e. The molecule has 3 aromatic rings. The first-order valence-corrected chi connectivity index (χ1v) is 10.4. The van der Waals surface area contributed by atoms with Crippen LogP contribution in [0.4, 0.5) is 13.2 Å². The topological polar surface area (TPSA) is 34.5 Å². The van der Waals surface area contributed by atoms with Crippen molar-refractivity contribution in [2.75, 3.05) is 20.3 Å². The minimum absolute atomic E-state index is 0.142. The molecule has 0 aliphatic heterocycles. The van der Waals surface area contributed by atoms with Crippen molar-refractivity contribution in [1.82, 2.24) is 9.47 Å². The van der Waals surface area contributed by atoms with E-state index >= 15 is 0 Å². The van der Waals surface area contributed by atoms with Crippen LogP contribution in [0.25, 0.3) is 0 Å². The number of carbonyl (C=O) groups excluding carboxylic acids is 1. The highest BCUT2D eigenvalue weighted by Gasteiger charge is 2.30. The molecule has 0 bridgehead atoms. The Morgan fingerprint density at radius 3 is 2.52 bits per heavy atom. The quantitative estimate of drug-likeness (QED) is 0.408. The van der Waals surface area contributed by atoms with Crippen LogP contribution in [0.15, 0.2) is 71.3 Å². The number of ether oxygens (including phenoxy) is 1. The smallest absolute Gasteiger partial charge is 0.383 e. The molecule has 2 aromatic carbocycles. The summed E-state index contributed by atoms with van der Waals surface area (Å²) >= 11 is 3.36. The zero-order valence-electron chi connectivity index (χ0n) is 16.9. The van der Waals surface area contributed by atoms with Gasteiger partial charge in [-0.1, -0.05) is 28.1 Å². The number of halogens is 4. The molecule has 164 valence electrons. The van der Waals surface area contributed by atoms with Gasteiger partial charge in [0, 0.05) is 42.1 Å². The molecule has 3 rings (SSSR count). The molecule has 0 aliphatic carbocycles. The molecule has 0 spiro atoms.